The van der Waals surface area contributed by atoms with Crippen LogP contribution in [0, 0.1) is 0 Å². The van der Waals surface area contributed by atoms with E-state index in [4.69, 9.17) is 38.6 Å². The lowest BCUT2D eigenvalue weighted by atomic mass is 9.94. The van der Waals surface area contributed by atoms with Crippen LogP contribution < -0.4 is 10.6 Å². The number of thiocarbonyl (C=S) groups is 2. The van der Waals surface area contributed by atoms with Gasteiger partial charge in [-0.1, -0.05) is 24.4 Å². The first kappa shape index (κ1) is 24.7. The molecule has 10 atom stereocenters. The van der Waals surface area contributed by atoms with E-state index in [9.17, 15) is 30.6 Å². The summed E-state index contributed by atoms with van der Waals surface area (Å²) in [6, 6.07) is -2.09. The van der Waals surface area contributed by atoms with Crippen molar-refractivity contribution in [3.05, 3.63) is 0 Å². The van der Waals surface area contributed by atoms with E-state index >= 15 is 0 Å². The van der Waals surface area contributed by atoms with Crippen LogP contribution in [0.5, 0.6) is 0 Å². The number of aliphatic hydroxyl groups excluding tert-OH is 6. The van der Waals surface area contributed by atoms with Crippen molar-refractivity contribution in [1.29, 1.82) is 0 Å². The van der Waals surface area contributed by atoms with Gasteiger partial charge in [-0.2, -0.15) is 0 Å². The van der Waals surface area contributed by atoms with Crippen molar-refractivity contribution in [1.82, 2.24) is 10.6 Å². The molecule has 11 nitrogen and oxygen atoms in total. The lowest BCUT2D eigenvalue weighted by molar-refractivity contribution is -0.326. The molecule has 0 radical (unpaired) electrons. The van der Waals surface area contributed by atoms with Crippen molar-refractivity contribution in [2.75, 3.05) is 13.2 Å². The van der Waals surface area contributed by atoms with Gasteiger partial charge in [0, 0.05) is 0 Å². The van der Waals surface area contributed by atoms with Gasteiger partial charge in [0.2, 0.25) is 0 Å². The van der Waals surface area contributed by atoms with Gasteiger partial charge in [0.25, 0.3) is 0 Å². The summed E-state index contributed by atoms with van der Waals surface area (Å²) < 4.78 is 16.7. The maximum Gasteiger partial charge on any atom is 0.181 e. The summed E-state index contributed by atoms with van der Waals surface area (Å²) in [7, 11) is 0. The number of nitrogens with one attached hydrogen (secondary N) is 2. The Morgan fingerprint density at radius 1 is 0.828 bits per heavy atom. The zero-order valence-electron chi connectivity index (χ0n) is 15.9. The van der Waals surface area contributed by atoms with E-state index in [1.165, 1.54) is 0 Å². The van der Waals surface area contributed by atoms with Crippen LogP contribution in [0.3, 0.4) is 0 Å². The molecular formula is C16H28N2O9S2. The molecule has 0 bridgehead atoms. The molecule has 13 heteroatoms. The fraction of sp³-hybridized carbons (Fsp3) is 0.875. The summed E-state index contributed by atoms with van der Waals surface area (Å²) in [4.78, 5) is 0.577. The first-order valence-corrected chi connectivity index (χ1v) is 9.86. The molecule has 8 N–H and O–H groups in total. The van der Waals surface area contributed by atoms with Gasteiger partial charge in [-0.25, -0.2) is 0 Å². The Morgan fingerprint density at radius 3 is 1.90 bits per heavy atom. The highest BCUT2D eigenvalue weighted by Crippen LogP contribution is 2.28. The van der Waals surface area contributed by atoms with E-state index in [-0.39, 0.29) is 4.99 Å². The largest absolute Gasteiger partial charge is 0.394 e. The standard InChI is InChI=1S/C16H28N2O9S2/c1-5(28)17-9-13(23)14(8(4-20)25-15(9)24)27-16-10(18-6(2)29)12(22)11(21)7(3-19)26-16/h7-16,19-24H,3-4H2,1-2H3,(H,17,28)(H,18,29). The van der Waals surface area contributed by atoms with E-state index in [1.54, 1.807) is 13.8 Å². The Hall–Kier alpha value is -0.580. The predicted molar refractivity (Wildman–Crippen MR) is 107 cm³/mol. The molecule has 0 saturated carbocycles. The number of rotatable bonds is 6. The third-order valence-corrected chi connectivity index (χ3v) is 5.02. The second-order valence-electron chi connectivity index (χ2n) is 7.00. The van der Waals surface area contributed by atoms with Gasteiger partial charge in [0.05, 0.1) is 23.2 Å². The molecule has 2 saturated heterocycles. The molecule has 0 aromatic rings. The van der Waals surface area contributed by atoms with E-state index < -0.39 is 74.5 Å². The SMILES string of the molecule is CC(=S)NC1C(O)OC(CO)C(OC2OC(CO)C(O)C(O)C2NC(C)=S)C1O. The second-order valence-corrected chi connectivity index (χ2v) is 8.22. The molecule has 0 amide bonds. The van der Waals surface area contributed by atoms with Gasteiger partial charge in [-0.15, -0.1) is 0 Å². The highest BCUT2D eigenvalue weighted by Gasteiger charge is 2.50. The quantitative estimate of drug-likeness (QED) is 0.185. The van der Waals surface area contributed by atoms with Gasteiger partial charge < -0.3 is 55.5 Å². The minimum atomic E-state index is -1.47. The molecule has 10 unspecified atom stereocenters. The first-order chi connectivity index (χ1) is 13.6. The lowest BCUT2D eigenvalue weighted by Crippen LogP contribution is -2.69. The molecule has 2 heterocycles. The highest BCUT2D eigenvalue weighted by molar-refractivity contribution is 7.80. The van der Waals surface area contributed by atoms with E-state index in [1.807, 2.05) is 0 Å². The normalized spacial score (nSPS) is 42.9. The van der Waals surface area contributed by atoms with E-state index in [2.05, 4.69) is 10.6 Å². The Morgan fingerprint density at radius 2 is 1.38 bits per heavy atom. The van der Waals surface area contributed by atoms with E-state index in [0.717, 1.165) is 0 Å². The number of hydrogen-bond donors (Lipinski definition) is 8. The molecule has 2 fully saturated rings. The molecule has 2 rings (SSSR count). The Balaban J connectivity index is 2.26. The summed E-state index contributed by atoms with van der Waals surface area (Å²) in [6.07, 6.45) is -10.5. The Bertz CT molecular complexity index is 587. The second kappa shape index (κ2) is 10.6. The monoisotopic (exact) mass is 456 g/mol. The maximum absolute atomic E-state index is 10.7. The first-order valence-electron chi connectivity index (χ1n) is 9.05. The fourth-order valence-electron chi connectivity index (χ4n) is 3.38. The zero-order chi connectivity index (χ0) is 21.9. The molecule has 2 aliphatic rings. The van der Waals surface area contributed by atoms with Crippen LogP contribution in [0.25, 0.3) is 0 Å². The third kappa shape index (κ3) is 5.77. The van der Waals surface area contributed by atoms with Crippen molar-refractivity contribution >= 4 is 34.4 Å². The number of hydrogen-bond acceptors (Lipinski definition) is 11. The van der Waals surface area contributed by atoms with E-state index in [0.29, 0.717) is 4.99 Å². The molecule has 0 aliphatic carbocycles. The zero-order valence-corrected chi connectivity index (χ0v) is 17.5. The van der Waals surface area contributed by atoms with Gasteiger partial charge in [0.1, 0.15) is 48.7 Å². The summed E-state index contributed by atoms with van der Waals surface area (Å²) in [6.45, 7) is 1.92. The van der Waals surface area contributed by atoms with Crippen molar-refractivity contribution in [2.24, 2.45) is 0 Å². The predicted octanol–water partition coefficient (Wildman–Crippen LogP) is -3.51. The summed E-state index contributed by atoms with van der Waals surface area (Å²) in [5.74, 6) is 0. The molecule has 0 spiro atoms. The number of aliphatic hydroxyl groups is 6. The molecular weight excluding hydrogens is 428 g/mol. The summed E-state index contributed by atoms with van der Waals surface area (Å²) >= 11 is 9.95. The number of ether oxygens (including phenoxy) is 3. The Kier molecular flexibility index (Phi) is 9.05. The van der Waals surface area contributed by atoms with Gasteiger partial charge >= 0.3 is 0 Å². The lowest BCUT2D eigenvalue weighted by Gasteiger charge is -2.47. The van der Waals surface area contributed by atoms with Crippen molar-refractivity contribution in [2.45, 2.75) is 75.1 Å². The van der Waals surface area contributed by atoms with Crippen LogP contribution in [0.1, 0.15) is 13.8 Å². The van der Waals surface area contributed by atoms with Crippen molar-refractivity contribution in [3.8, 4) is 0 Å². The molecule has 168 valence electrons. The minimum Gasteiger partial charge on any atom is -0.394 e. The van der Waals surface area contributed by atoms with Crippen LogP contribution in [-0.4, -0.2) is 115 Å². The van der Waals surface area contributed by atoms with Crippen LogP contribution in [-0.2, 0) is 14.2 Å². The smallest absolute Gasteiger partial charge is 0.181 e. The third-order valence-electron chi connectivity index (χ3n) is 4.78. The molecule has 0 aromatic carbocycles. The van der Waals surface area contributed by atoms with Crippen LogP contribution in [0.15, 0.2) is 0 Å². The van der Waals surface area contributed by atoms with Crippen LogP contribution >= 0.6 is 24.4 Å². The highest BCUT2D eigenvalue weighted by atomic mass is 32.1. The van der Waals surface area contributed by atoms with Crippen molar-refractivity contribution in [3.63, 3.8) is 0 Å². The van der Waals surface area contributed by atoms with Crippen LogP contribution in [0.2, 0.25) is 0 Å². The van der Waals surface area contributed by atoms with Gasteiger partial charge in [-0.3, -0.25) is 0 Å². The van der Waals surface area contributed by atoms with Crippen LogP contribution in [0.4, 0.5) is 0 Å². The summed E-state index contributed by atoms with van der Waals surface area (Å²) in [5, 5.41) is 65.9. The van der Waals surface area contributed by atoms with Gasteiger partial charge in [0.15, 0.2) is 12.6 Å². The average Bonchev–Trinajstić information content (AvgIpc) is 2.65. The Labute approximate surface area is 178 Å². The maximum atomic E-state index is 10.7. The minimum absolute atomic E-state index is 0.284. The van der Waals surface area contributed by atoms with Crippen molar-refractivity contribution < 1.29 is 44.8 Å². The summed E-state index contributed by atoms with van der Waals surface area (Å²) in [5.41, 5.74) is 0. The molecule has 29 heavy (non-hydrogen) atoms. The topological polar surface area (TPSA) is 173 Å². The molecule has 0 aromatic heterocycles. The average molecular weight is 457 g/mol. The fourth-order valence-corrected chi connectivity index (χ4v) is 3.65. The van der Waals surface area contributed by atoms with Gasteiger partial charge in [-0.05, 0) is 13.8 Å². The molecule has 2 aliphatic heterocycles.